The fourth-order valence-corrected chi connectivity index (χ4v) is 3.90. The van der Waals surface area contributed by atoms with E-state index in [9.17, 15) is 4.79 Å². The zero-order valence-corrected chi connectivity index (χ0v) is 15.5. The van der Waals surface area contributed by atoms with Crippen LogP contribution in [0, 0.1) is 6.92 Å². The Bertz CT molecular complexity index is 553. The lowest BCUT2D eigenvalue weighted by atomic mass is 10.0. The molecule has 2 aliphatic heterocycles. The van der Waals surface area contributed by atoms with E-state index in [2.05, 4.69) is 46.3 Å². The molecule has 1 unspecified atom stereocenters. The quantitative estimate of drug-likeness (QED) is 0.889. The third-order valence-corrected chi connectivity index (χ3v) is 5.39. The Morgan fingerprint density at radius 2 is 1.92 bits per heavy atom. The SMILES string of the molecule is CC(=O)NCCC1CN(C2CCN(c3ccc(C)cc3)CC2)CCO1. The van der Waals surface area contributed by atoms with E-state index in [0.717, 1.165) is 39.2 Å². The summed E-state index contributed by atoms with van der Waals surface area (Å²) in [5, 5.41) is 2.87. The number of morpholine rings is 1. The third-order valence-electron chi connectivity index (χ3n) is 5.39. The second-order valence-electron chi connectivity index (χ2n) is 7.31. The Hall–Kier alpha value is -1.59. The monoisotopic (exact) mass is 345 g/mol. The molecule has 5 nitrogen and oxygen atoms in total. The van der Waals surface area contributed by atoms with Crippen molar-refractivity contribution in [2.75, 3.05) is 44.2 Å². The number of anilines is 1. The van der Waals surface area contributed by atoms with Gasteiger partial charge in [0.25, 0.3) is 0 Å². The summed E-state index contributed by atoms with van der Waals surface area (Å²) in [6.45, 7) is 9.50. The molecule has 0 spiro atoms. The Labute approximate surface area is 151 Å². The summed E-state index contributed by atoms with van der Waals surface area (Å²) in [6, 6.07) is 9.53. The molecule has 1 aromatic carbocycles. The van der Waals surface area contributed by atoms with Gasteiger partial charge in [-0.2, -0.15) is 0 Å². The van der Waals surface area contributed by atoms with Gasteiger partial charge in [-0.15, -0.1) is 0 Å². The average molecular weight is 345 g/mol. The van der Waals surface area contributed by atoms with E-state index in [0.29, 0.717) is 12.6 Å². The van der Waals surface area contributed by atoms with Gasteiger partial charge in [0.05, 0.1) is 12.7 Å². The predicted molar refractivity (Wildman–Crippen MR) is 101 cm³/mol. The van der Waals surface area contributed by atoms with Crippen molar-refractivity contribution >= 4 is 11.6 Å². The molecule has 1 aromatic rings. The smallest absolute Gasteiger partial charge is 0.216 e. The minimum atomic E-state index is 0.0381. The van der Waals surface area contributed by atoms with Crippen molar-refractivity contribution in [3.05, 3.63) is 29.8 Å². The van der Waals surface area contributed by atoms with E-state index in [1.54, 1.807) is 6.92 Å². The maximum absolute atomic E-state index is 11.0. The van der Waals surface area contributed by atoms with E-state index < -0.39 is 0 Å². The van der Waals surface area contributed by atoms with E-state index in [1.807, 2.05) is 0 Å². The standard InChI is InChI=1S/C20H31N3O2/c1-16-3-5-18(6-4-16)22-11-8-19(9-12-22)23-13-14-25-20(15-23)7-10-21-17(2)24/h3-6,19-20H,7-15H2,1-2H3,(H,21,24). The van der Waals surface area contributed by atoms with E-state index in [1.165, 1.54) is 24.1 Å². The molecule has 0 aromatic heterocycles. The lowest BCUT2D eigenvalue weighted by Crippen LogP contribution is -2.52. The topological polar surface area (TPSA) is 44.8 Å². The first kappa shape index (κ1) is 18.2. The van der Waals surface area contributed by atoms with Crippen molar-refractivity contribution in [2.45, 2.75) is 45.3 Å². The van der Waals surface area contributed by atoms with Crippen LogP contribution < -0.4 is 10.2 Å². The summed E-state index contributed by atoms with van der Waals surface area (Å²) in [7, 11) is 0. The second kappa shape index (κ2) is 8.68. The number of hydrogen-bond acceptors (Lipinski definition) is 4. The number of hydrogen-bond donors (Lipinski definition) is 1. The van der Waals surface area contributed by atoms with Gasteiger partial charge in [-0.3, -0.25) is 9.69 Å². The van der Waals surface area contributed by atoms with Crippen LogP contribution in [0.2, 0.25) is 0 Å². The second-order valence-corrected chi connectivity index (χ2v) is 7.31. The molecule has 2 aliphatic rings. The molecule has 2 saturated heterocycles. The molecule has 138 valence electrons. The number of amides is 1. The molecule has 2 fully saturated rings. The molecule has 2 heterocycles. The Morgan fingerprint density at radius 1 is 1.20 bits per heavy atom. The van der Waals surface area contributed by atoms with Crippen LogP contribution in [0.4, 0.5) is 5.69 Å². The van der Waals surface area contributed by atoms with Gasteiger partial charge >= 0.3 is 0 Å². The fraction of sp³-hybridized carbons (Fsp3) is 0.650. The molecule has 0 radical (unpaired) electrons. The van der Waals surface area contributed by atoms with E-state index >= 15 is 0 Å². The molecular weight excluding hydrogens is 314 g/mol. The van der Waals surface area contributed by atoms with Crippen molar-refractivity contribution < 1.29 is 9.53 Å². The molecule has 5 heteroatoms. The highest BCUT2D eigenvalue weighted by molar-refractivity contribution is 5.72. The zero-order valence-electron chi connectivity index (χ0n) is 15.5. The van der Waals surface area contributed by atoms with Crippen LogP contribution in [0.5, 0.6) is 0 Å². The number of ether oxygens (including phenoxy) is 1. The number of benzene rings is 1. The minimum absolute atomic E-state index is 0.0381. The molecule has 1 atom stereocenters. The Balaban J connectivity index is 1.45. The number of nitrogens with zero attached hydrogens (tertiary/aromatic N) is 2. The maximum atomic E-state index is 11.0. The van der Waals surface area contributed by atoms with Gasteiger partial charge in [0.15, 0.2) is 0 Å². The minimum Gasteiger partial charge on any atom is -0.375 e. The van der Waals surface area contributed by atoms with Gasteiger partial charge in [0.2, 0.25) is 5.91 Å². The van der Waals surface area contributed by atoms with Crippen molar-refractivity contribution in [3.8, 4) is 0 Å². The van der Waals surface area contributed by atoms with Crippen LogP contribution in [-0.2, 0) is 9.53 Å². The lowest BCUT2D eigenvalue weighted by molar-refractivity contribution is -0.119. The average Bonchev–Trinajstić information content (AvgIpc) is 2.62. The van der Waals surface area contributed by atoms with Crippen molar-refractivity contribution in [3.63, 3.8) is 0 Å². The van der Waals surface area contributed by atoms with Gasteiger partial charge in [-0.05, 0) is 38.3 Å². The van der Waals surface area contributed by atoms with Crippen LogP contribution in [0.25, 0.3) is 0 Å². The molecule has 3 rings (SSSR count). The summed E-state index contributed by atoms with van der Waals surface area (Å²) in [4.78, 5) is 16.1. The van der Waals surface area contributed by atoms with Gasteiger partial charge in [0, 0.05) is 51.4 Å². The van der Waals surface area contributed by atoms with Crippen LogP contribution >= 0.6 is 0 Å². The summed E-state index contributed by atoms with van der Waals surface area (Å²) in [5.74, 6) is 0.0381. The maximum Gasteiger partial charge on any atom is 0.216 e. The van der Waals surface area contributed by atoms with Crippen LogP contribution in [0.1, 0.15) is 31.7 Å². The molecule has 0 bridgehead atoms. The predicted octanol–water partition coefficient (Wildman–Crippen LogP) is 2.19. The first-order chi connectivity index (χ1) is 12.1. The number of aryl methyl sites for hydroxylation is 1. The summed E-state index contributed by atoms with van der Waals surface area (Å²) in [6.07, 6.45) is 3.58. The summed E-state index contributed by atoms with van der Waals surface area (Å²) >= 11 is 0. The Morgan fingerprint density at radius 3 is 2.60 bits per heavy atom. The van der Waals surface area contributed by atoms with Gasteiger partial charge in [0.1, 0.15) is 0 Å². The Kier molecular flexibility index (Phi) is 6.32. The van der Waals surface area contributed by atoms with Crippen LogP contribution in [-0.4, -0.2) is 62.3 Å². The number of carbonyl (C=O) groups excluding carboxylic acids is 1. The zero-order chi connectivity index (χ0) is 17.6. The van der Waals surface area contributed by atoms with Crippen molar-refractivity contribution in [2.24, 2.45) is 0 Å². The number of piperidine rings is 1. The normalized spacial score (nSPS) is 22.8. The first-order valence-electron chi connectivity index (χ1n) is 9.53. The van der Waals surface area contributed by atoms with Crippen molar-refractivity contribution in [1.29, 1.82) is 0 Å². The lowest BCUT2D eigenvalue weighted by Gasteiger charge is -2.43. The summed E-state index contributed by atoms with van der Waals surface area (Å²) < 4.78 is 5.88. The highest BCUT2D eigenvalue weighted by atomic mass is 16.5. The van der Waals surface area contributed by atoms with E-state index in [-0.39, 0.29) is 12.0 Å². The molecule has 25 heavy (non-hydrogen) atoms. The van der Waals surface area contributed by atoms with E-state index in [4.69, 9.17) is 4.74 Å². The summed E-state index contributed by atoms with van der Waals surface area (Å²) in [5.41, 5.74) is 2.66. The number of nitrogens with one attached hydrogen (secondary N) is 1. The molecule has 1 N–H and O–H groups in total. The largest absolute Gasteiger partial charge is 0.375 e. The highest BCUT2D eigenvalue weighted by Gasteiger charge is 2.29. The molecule has 0 aliphatic carbocycles. The number of carbonyl (C=O) groups is 1. The molecular formula is C20H31N3O2. The van der Waals surface area contributed by atoms with Crippen molar-refractivity contribution in [1.82, 2.24) is 10.2 Å². The van der Waals surface area contributed by atoms with Gasteiger partial charge in [-0.1, -0.05) is 17.7 Å². The number of rotatable bonds is 5. The fourth-order valence-electron chi connectivity index (χ4n) is 3.90. The van der Waals surface area contributed by atoms with Gasteiger partial charge in [-0.25, -0.2) is 0 Å². The van der Waals surface area contributed by atoms with Gasteiger partial charge < -0.3 is 15.0 Å². The third kappa shape index (κ3) is 5.19. The van der Waals surface area contributed by atoms with Crippen LogP contribution in [0.15, 0.2) is 24.3 Å². The highest BCUT2D eigenvalue weighted by Crippen LogP contribution is 2.24. The molecule has 0 saturated carbocycles. The van der Waals surface area contributed by atoms with Crippen LogP contribution in [0.3, 0.4) is 0 Å². The first-order valence-corrected chi connectivity index (χ1v) is 9.53. The molecule has 1 amide bonds.